The SMILES string of the molecule is CCc1c(SC)n(C)c2c(CN3CCC(CCNC(=O)C4CCC(CN5C(=O)C=CC5=O)CC4)CC3)c(O)ccc12. The van der Waals surface area contributed by atoms with Crippen LogP contribution in [0.1, 0.15) is 63.0 Å². The fourth-order valence-electron chi connectivity index (χ4n) is 7.11. The van der Waals surface area contributed by atoms with Gasteiger partial charge in [-0.2, -0.15) is 0 Å². The lowest BCUT2D eigenvalue weighted by atomic mass is 9.81. The van der Waals surface area contributed by atoms with Crippen molar-refractivity contribution in [2.45, 2.75) is 69.9 Å². The largest absolute Gasteiger partial charge is 0.508 e. The topological polar surface area (TPSA) is 94.9 Å². The molecule has 5 rings (SSSR count). The van der Waals surface area contributed by atoms with Gasteiger partial charge >= 0.3 is 0 Å². The number of nitrogens with zero attached hydrogens (tertiary/aromatic N) is 3. The normalized spacial score (nSPS) is 22.3. The highest BCUT2D eigenvalue weighted by Gasteiger charge is 2.31. The maximum Gasteiger partial charge on any atom is 0.253 e. The minimum Gasteiger partial charge on any atom is -0.508 e. The summed E-state index contributed by atoms with van der Waals surface area (Å²) in [5.41, 5.74) is 3.54. The maximum atomic E-state index is 12.8. The number of likely N-dealkylation sites (tertiary alicyclic amines) is 1. The fraction of sp³-hybridized carbons (Fsp3) is 0.594. The van der Waals surface area contributed by atoms with Crippen molar-refractivity contribution in [3.63, 3.8) is 0 Å². The van der Waals surface area contributed by atoms with E-state index in [9.17, 15) is 19.5 Å². The third-order valence-electron chi connectivity index (χ3n) is 9.53. The predicted molar refractivity (Wildman–Crippen MR) is 163 cm³/mol. The number of piperidine rings is 1. The second-order valence-corrected chi connectivity index (χ2v) is 12.8. The van der Waals surface area contributed by atoms with Gasteiger partial charge in [-0.1, -0.05) is 6.92 Å². The second-order valence-electron chi connectivity index (χ2n) is 12.0. The standard InChI is InChI=1S/C32H44N4O4S/c1-4-24-25-9-10-27(37)26(30(25)34(2)32(24)41-3)20-35-17-14-21(15-18-35)13-16-33-31(40)23-7-5-22(6-8-23)19-36-28(38)11-12-29(36)39/h9-12,21-23,37H,4-8,13-20H2,1-3H3,(H,33,40). The van der Waals surface area contributed by atoms with E-state index in [0.29, 0.717) is 24.8 Å². The number of fused-ring (bicyclic) bond motifs is 1. The first-order valence-corrected chi connectivity index (χ1v) is 16.4. The Morgan fingerprint density at radius 1 is 1.00 bits per heavy atom. The van der Waals surface area contributed by atoms with Gasteiger partial charge in [0.2, 0.25) is 5.91 Å². The zero-order chi connectivity index (χ0) is 29.1. The Kier molecular flexibility index (Phi) is 9.44. The van der Waals surface area contributed by atoms with Gasteiger partial charge in [0.05, 0.1) is 10.5 Å². The highest BCUT2D eigenvalue weighted by Crippen LogP contribution is 2.38. The van der Waals surface area contributed by atoms with Crippen LogP contribution in [-0.2, 0) is 34.4 Å². The van der Waals surface area contributed by atoms with Crippen molar-refractivity contribution in [3.8, 4) is 5.75 Å². The predicted octanol–water partition coefficient (Wildman–Crippen LogP) is 4.62. The van der Waals surface area contributed by atoms with Crippen LogP contribution in [0.4, 0.5) is 0 Å². The first-order valence-electron chi connectivity index (χ1n) is 15.2. The number of carbonyl (C=O) groups is 3. The minimum atomic E-state index is -0.220. The molecule has 1 aliphatic carbocycles. The van der Waals surface area contributed by atoms with Crippen molar-refractivity contribution >= 4 is 40.4 Å². The number of imide groups is 1. The molecule has 9 heteroatoms. The van der Waals surface area contributed by atoms with Crippen LogP contribution in [0.2, 0.25) is 0 Å². The van der Waals surface area contributed by atoms with Gasteiger partial charge in [0.1, 0.15) is 5.75 Å². The maximum absolute atomic E-state index is 12.8. The Bertz CT molecular complexity index is 1300. The van der Waals surface area contributed by atoms with E-state index in [-0.39, 0.29) is 29.6 Å². The Labute approximate surface area is 247 Å². The van der Waals surface area contributed by atoms with Crippen LogP contribution >= 0.6 is 11.8 Å². The molecular weight excluding hydrogens is 536 g/mol. The van der Waals surface area contributed by atoms with Gasteiger partial charge in [-0.3, -0.25) is 24.2 Å². The zero-order valence-corrected chi connectivity index (χ0v) is 25.5. The number of amides is 3. The molecule has 0 unspecified atom stereocenters. The Morgan fingerprint density at radius 3 is 2.32 bits per heavy atom. The molecule has 0 atom stereocenters. The lowest BCUT2D eigenvalue weighted by Crippen LogP contribution is -2.39. The average molecular weight is 581 g/mol. The molecule has 2 aliphatic heterocycles. The number of aryl methyl sites for hydroxylation is 2. The molecule has 2 aromatic rings. The minimum absolute atomic E-state index is 0.0314. The van der Waals surface area contributed by atoms with Crippen LogP contribution < -0.4 is 5.32 Å². The Balaban J connectivity index is 1.05. The third kappa shape index (κ3) is 6.36. The van der Waals surface area contributed by atoms with Crippen LogP contribution in [-0.4, -0.2) is 69.6 Å². The number of hydrogen-bond donors (Lipinski definition) is 2. The third-order valence-corrected chi connectivity index (χ3v) is 10.4. The first-order chi connectivity index (χ1) is 19.8. The number of aromatic nitrogens is 1. The van der Waals surface area contributed by atoms with Crippen molar-refractivity contribution in [3.05, 3.63) is 35.4 Å². The van der Waals surface area contributed by atoms with Crippen molar-refractivity contribution in [2.24, 2.45) is 24.8 Å². The summed E-state index contributed by atoms with van der Waals surface area (Å²) in [4.78, 5) is 40.2. The summed E-state index contributed by atoms with van der Waals surface area (Å²) >= 11 is 1.77. The molecule has 1 saturated heterocycles. The van der Waals surface area contributed by atoms with Crippen molar-refractivity contribution in [1.29, 1.82) is 0 Å². The molecule has 41 heavy (non-hydrogen) atoms. The van der Waals surface area contributed by atoms with E-state index in [0.717, 1.165) is 82.1 Å². The molecule has 222 valence electrons. The number of rotatable bonds is 10. The van der Waals surface area contributed by atoms with E-state index < -0.39 is 0 Å². The monoisotopic (exact) mass is 580 g/mol. The lowest BCUT2D eigenvalue weighted by Gasteiger charge is -2.33. The molecular formula is C32H44N4O4S. The lowest BCUT2D eigenvalue weighted by molar-refractivity contribution is -0.138. The summed E-state index contributed by atoms with van der Waals surface area (Å²) in [5.74, 6) is 1.00. The molecule has 3 aliphatic rings. The fourth-order valence-corrected chi connectivity index (χ4v) is 7.97. The smallest absolute Gasteiger partial charge is 0.253 e. The summed E-state index contributed by atoms with van der Waals surface area (Å²) in [6.45, 7) is 6.12. The Morgan fingerprint density at radius 2 is 1.68 bits per heavy atom. The quantitative estimate of drug-likeness (QED) is 0.315. The van der Waals surface area contributed by atoms with Gasteiger partial charge in [-0.05, 0) is 100 Å². The Hall–Kier alpha value is -2.78. The van der Waals surface area contributed by atoms with Crippen LogP contribution in [0.3, 0.4) is 0 Å². The molecule has 1 aromatic carbocycles. The molecule has 2 N–H and O–H groups in total. The number of thioether (sulfide) groups is 1. The number of nitrogens with one attached hydrogen (secondary N) is 1. The number of carbonyl (C=O) groups excluding carboxylic acids is 3. The molecule has 3 amide bonds. The van der Waals surface area contributed by atoms with E-state index in [4.69, 9.17) is 0 Å². The van der Waals surface area contributed by atoms with E-state index in [2.05, 4.69) is 41.1 Å². The zero-order valence-electron chi connectivity index (χ0n) is 24.7. The van der Waals surface area contributed by atoms with Crippen LogP contribution in [0.15, 0.2) is 29.3 Å². The average Bonchev–Trinajstić information content (AvgIpc) is 3.45. The number of benzene rings is 1. The summed E-state index contributed by atoms with van der Waals surface area (Å²) in [6, 6.07) is 3.92. The van der Waals surface area contributed by atoms with Crippen molar-refractivity contribution in [2.75, 3.05) is 32.4 Å². The number of aromatic hydroxyl groups is 1. The van der Waals surface area contributed by atoms with Crippen LogP contribution in [0, 0.1) is 17.8 Å². The second kappa shape index (κ2) is 13.0. The summed E-state index contributed by atoms with van der Waals surface area (Å²) < 4.78 is 2.25. The summed E-state index contributed by atoms with van der Waals surface area (Å²) in [5, 5.41) is 16.5. The van der Waals surface area contributed by atoms with Crippen LogP contribution in [0.5, 0.6) is 5.75 Å². The highest BCUT2D eigenvalue weighted by atomic mass is 32.2. The molecule has 1 saturated carbocycles. The van der Waals surface area contributed by atoms with Crippen molar-refractivity contribution in [1.82, 2.24) is 19.7 Å². The van der Waals surface area contributed by atoms with Crippen LogP contribution in [0.25, 0.3) is 10.9 Å². The number of phenolic OH excluding ortho intramolecular Hbond substituents is 1. The first kappa shape index (κ1) is 29.7. The van der Waals surface area contributed by atoms with E-state index >= 15 is 0 Å². The van der Waals surface area contributed by atoms with Gasteiger partial charge in [0.25, 0.3) is 11.8 Å². The highest BCUT2D eigenvalue weighted by molar-refractivity contribution is 7.98. The van der Waals surface area contributed by atoms with E-state index in [1.54, 1.807) is 11.8 Å². The summed E-state index contributed by atoms with van der Waals surface area (Å²) in [6.07, 6.45) is 12.3. The molecule has 0 bridgehead atoms. The van der Waals surface area contributed by atoms with Gasteiger partial charge in [0, 0.05) is 55.7 Å². The molecule has 8 nitrogen and oxygen atoms in total. The van der Waals surface area contributed by atoms with Gasteiger partial charge in [0.15, 0.2) is 0 Å². The molecule has 3 heterocycles. The molecule has 0 spiro atoms. The van der Waals surface area contributed by atoms with E-state index in [1.165, 1.54) is 33.0 Å². The van der Waals surface area contributed by atoms with E-state index in [1.807, 2.05) is 6.07 Å². The molecule has 2 fully saturated rings. The van der Waals surface area contributed by atoms with Gasteiger partial charge in [-0.15, -0.1) is 11.8 Å². The van der Waals surface area contributed by atoms with Gasteiger partial charge in [-0.25, -0.2) is 0 Å². The van der Waals surface area contributed by atoms with Crippen molar-refractivity contribution < 1.29 is 19.5 Å². The number of hydrogen-bond acceptors (Lipinski definition) is 6. The summed E-state index contributed by atoms with van der Waals surface area (Å²) in [7, 11) is 2.11. The molecule has 0 radical (unpaired) electrons. The molecule has 1 aromatic heterocycles. The van der Waals surface area contributed by atoms with Gasteiger partial charge < -0.3 is 15.0 Å². The number of phenols is 1.